The van der Waals surface area contributed by atoms with Gasteiger partial charge in [-0.15, -0.1) is 5.10 Å². The van der Waals surface area contributed by atoms with E-state index in [-0.39, 0.29) is 5.91 Å². The normalized spacial score (nSPS) is 14.9. The summed E-state index contributed by atoms with van der Waals surface area (Å²) in [5, 5.41) is 8.46. The number of likely N-dealkylation sites (tertiary alicyclic amines) is 1. The van der Waals surface area contributed by atoms with Crippen LogP contribution in [0.25, 0.3) is 0 Å². The first-order valence-electron chi connectivity index (χ1n) is 8.65. The number of amidine groups is 1. The molecular weight excluding hydrogens is 344 g/mol. The third kappa shape index (κ3) is 5.20. The van der Waals surface area contributed by atoms with Crippen molar-refractivity contribution in [2.24, 2.45) is 15.9 Å². The number of nitrogens with zero attached hydrogens (tertiary/aromatic N) is 3. The summed E-state index contributed by atoms with van der Waals surface area (Å²) in [6.07, 6.45) is 3.83. The molecule has 0 unspecified atom stereocenters. The lowest BCUT2D eigenvalue weighted by molar-refractivity contribution is 0.0793. The molecule has 1 aliphatic heterocycles. The van der Waals surface area contributed by atoms with Gasteiger partial charge in [-0.3, -0.25) is 4.79 Å². The van der Waals surface area contributed by atoms with Gasteiger partial charge in [-0.25, -0.2) is 0 Å². The summed E-state index contributed by atoms with van der Waals surface area (Å²) in [4.78, 5) is 14.2. The molecule has 2 aromatic rings. The van der Waals surface area contributed by atoms with Crippen LogP contribution in [0.2, 0.25) is 0 Å². The Bertz CT molecular complexity index is 781. The van der Waals surface area contributed by atoms with Gasteiger partial charge in [0.25, 0.3) is 5.91 Å². The quantitative estimate of drug-likeness (QED) is 0.500. The largest absolute Gasteiger partial charge is 0.377 e. The van der Waals surface area contributed by atoms with Gasteiger partial charge in [0.2, 0.25) is 0 Å². The summed E-state index contributed by atoms with van der Waals surface area (Å²) in [7, 11) is 0. The van der Waals surface area contributed by atoms with Crippen LogP contribution in [0.5, 0.6) is 0 Å². The van der Waals surface area contributed by atoms with Gasteiger partial charge in [0.05, 0.1) is 6.21 Å². The minimum Gasteiger partial charge on any atom is -0.377 e. The van der Waals surface area contributed by atoms with Gasteiger partial charge >= 0.3 is 0 Å². The number of thioether (sulfide) groups is 1. The van der Waals surface area contributed by atoms with Crippen molar-refractivity contribution >= 4 is 29.1 Å². The topological polar surface area (TPSA) is 71.0 Å². The molecule has 134 valence electrons. The Kier molecular flexibility index (Phi) is 6.44. The number of hydrogen-bond donors (Lipinski definition) is 1. The molecule has 0 aromatic heterocycles. The first-order valence-corrected chi connectivity index (χ1v) is 9.63. The highest BCUT2D eigenvalue weighted by molar-refractivity contribution is 8.13. The zero-order valence-electron chi connectivity index (χ0n) is 14.5. The first-order chi connectivity index (χ1) is 12.7. The lowest BCUT2D eigenvalue weighted by Gasteiger charge is -2.14. The molecule has 6 heteroatoms. The number of amides is 1. The maximum absolute atomic E-state index is 12.3. The van der Waals surface area contributed by atoms with Crippen molar-refractivity contribution in [3.63, 3.8) is 0 Å². The molecule has 1 heterocycles. The maximum Gasteiger partial charge on any atom is 0.253 e. The van der Waals surface area contributed by atoms with Crippen LogP contribution in [-0.4, -0.2) is 35.3 Å². The van der Waals surface area contributed by atoms with E-state index in [4.69, 9.17) is 5.73 Å². The molecular formula is C20H22N4OS. The number of carbonyl (C=O) groups excluding carboxylic acids is 1. The van der Waals surface area contributed by atoms with E-state index in [1.807, 2.05) is 47.4 Å². The molecule has 0 saturated carbocycles. The first kappa shape index (κ1) is 18.2. The standard InChI is InChI=1S/C20H22N4OS/c21-20(26-15-17-6-2-1-3-7-17)23-22-14-16-8-10-18(11-9-16)19(25)24-12-4-5-13-24/h1-3,6-11,14H,4-5,12-13,15H2,(H2,21,23). The highest BCUT2D eigenvalue weighted by atomic mass is 32.2. The summed E-state index contributed by atoms with van der Waals surface area (Å²) in [6, 6.07) is 17.5. The second-order valence-electron chi connectivity index (χ2n) is 6.08. The number of benzene rings is 2. The Hall–Kier alpha value is -2.60. The third-order valence-corrected chi connectivity index (χ3v) is 5.00. The van der Waals surface area contributed by atoms with Crippen molar-refractivity contribution in [3.8, 4) is 0 Å². The molecule has 0 aliphatic carbocycles. The van der Waals surface area contributed by atoms with Crippen LogP contribution in [0.4, 0.5) is 0 Å². The van der Waals surface area contributed by atoms with Crippen molar-refractivity contribution in [2.45, 2.75) is 18.6 Å². The molecule has 1 fully saturated rings. The van der Waals surface area contributed by atoms with Crippen LogP contribution < -0.4 is 5.73 Å². The summed E-state index contributed by atoms with van der Waals surface area (Å²) >= 11 is 1.45. The zero-order chi connectivity index (χ0) is 18.2. The Labute approximate surface area is 158 Å². The molecule has 3 rings (SSSR count). The van der Waals surface area contributed by atoms with Crippen molar-refractivity contribution < 1.29 is 4.79 Å². The van der Waals surface area contributed by atoms with E-state index in [1.54, 1.807) is 6.21 Å². The average molecular weight is 366 g/mol. The lowest BCUT2D eigenvalue weighted by Crippen LogP contribution is -2.27. The van der Waals surface area contributed by atoms with Gasteiger partial charge in [0, 0.05) is 24.4 Å². The number of nitrogens with two attached hydrogens (primary N) is 1. The van der Waals surface area contributed by atoms with Crippen LogP contribution in [0.15, 0.2) is 64.8 Å². The van der Waals surface area contributed by atoms with Gasteiger partial charge < -0.3 is 10.6 Å². The van der Waals surface area contributed by atoms with Crippen LogP contribution in [0, 0.1) is 0 Å². The van der Waals surface area contributed by atoms with Crippen LogP contribution in [-0.2, 0) is 5.75 Å². The van der Waals surface area contributed by atoms with Gasteiger partial charge in [-0.1, -0.05) is 54.2 Å². The molecule has 0 bridgehead atoms. The average Bonchev–Trinajstić information content (AvgIpc) is 3.22. The minimum atomic E-state index is 0.102. The Morgan fingerprint density at radius 2 is 1.77 bits per heavy atom. The molecule has 5 nitrogen and oxygen atoms in total. The summed E-state index contributed by atoms with van der Waals surface area (Å²) in [6.45, 7) is 1.72. The number of hydrogen-bond acceptors (Lipinski definition) is 4. The highest BCUT2D eigenvalue weighted by Gasteiger charge is 2.18. The predicted octanol–water partition coefficient (Wildman–Crippen LogP) is 3.50. The van der Waals surface area contributed by atoms with Gasteiger partial charge in [0.15, 0.2) is 5.17 Å². The van der Waals surface area contributed by atoms with Crippen molar-refractivity contribution in [1.82, 2.24) is 4.90 Å². The molecule has 0 radical (unpaired) electrons. The molecule has 26 heavy (non-hydrogen) atoms. The summed E-state index contributed by atoms with van der Waals surface area (Å²) < 4.78 is 0. The van der Waals surface area contributed by atoms with Crippen LogP contribution in [0.1, 0.15) is 34.3 Å². The van der Waals surface area contributed by atoms with Gasteiger partial charge in [-0.05, 0) is 36.1 Å². The molecule has 0 spiro atoms. The Morgan fingerprint density at radius 1 is 1.08 bits per heavy atom. The SMILES string of the molecule is NC(=NN=Cc1ccc(C(=O)N2CCCC2)cc1)SCc1ccccc1. The smallest absolute Gasteiger partial charge is 0.253 e. The van der Waals surface area contributed by atoms with Crippen LogP contribution in [0.3, 0.4) is 0 Å². The maximum atomic E-state index is 12.3. The van der Waals surface area contributed by atoms with E-state index < -0.39 is 0 Å². The Morgan fingerprint density at radius 3 is 2.46 bits per heavy atom. The second kappa shape index (κ2) is 9.20. The third-order valence-electron chi connectivity index (χ3n) is 4.14. The number of rotatable bonds is 5. The fourth-order valence-corrected chi connectivity index (χ4v) is 3.34. The molecule has 2 N–H and O–H groups in total. The summed E-state index contributed by atoms with van der Waals surface area (Å²) in [5.41, 5.74) is 8.66. The molecule has 0 atom stereocenters. The number of carbonyl (C=O) groups is 1. The van der Waals surface area contributed by atoms with E-state index in [9.17, 15) is 4.79 Å². The molecule has 1 aliphatic rings. The fraction of sp³-hybridized carbons (Fsp3) is 0.250. The van der Waals surface area contributed by atoms with Gasteiger partial charge in [0.1, 0.15) is 0 Å². The highest BCUT2D eigenvalue weighted by Crippen LogP contribution is 2.14. The van der Waals surface area contributed by atoms with E-state index in [2.05, 4.69) is 22.3 Å². The monoisotopic (exact) mass is 366 g/mol. The van der Waals surface area contributed by atoms with Crippen molar-refractivity contribution in [2.75, 3.05) is 13.1 Å². The van der Waals surface area contributed by atoms with E-state index in [1.165, 1.54) is 17.3 Å². The van der Waals surface area contributed by atoms with E-state index in [0.29, 0.717) is 10.7 Å². The van der Waals surface area contributed by atoms with Crippen molar-refractivity contribution in [3.05, 3.63) is 71.3 Å². The van der Waals surface area contributed by atoms with E-state index >= 15 is 0 Å². The van der Waals surface area contributed by atoms with Crippen LogP contribution >= 0.6 is 11.8 Å². The molecule has 1 saturated heterocycles. The van der Waals surface area contributed by atoms with Gasteiger partial charge in [-0.2, -0.15) is 5.10 Å². The molecule has 1 amide bonds. The predicted molar refractivity (Wildman–Crippen MR) is 109 cm³/mol. The zero-order valence-corrected chi connectivity index (χ0v) is 15.4. The minimum absolute atomic E-state index is 0.102. The van der Waals surface area contributed by atoms with E-state index in [0.717, 1.165) is 37.2 Å². The second-order valence-corrected chi connectivity index (χ2v) is 7.07. The van der Waals surface area contributed by atoms with Crippen molar-refractivity contribution in [1.29, 1.82) is 0 Å². The fourth-order valence-electron chi connectivity index (χ4n) is 2.73. The molecule has 2 aromatic carbocycles. The Balaban J connectivity index is 1.52. The lowest BCUT2D eigenvalue weighted by atomic mass is 10.1. The summed E-state index contributed by atoms with van der Waals surface area (Å²) in [5.74, 6) is 0.865.